The molecule has 2 aromatic rings. The van der Waals surface area contributed by atoms with Crippen molar-refractivity contribution < 1.29 is 19.4 Å². The molecular weight excluding hydrogens is 350 g/mol. The second kappa shape index (κ2) is 8.36. The fraction of sp³-hybridized carbons (Fsp3) is 0.400. The van der Waals surface area contributed by atoms with Gasteiger partial charge < -0.3 is 14.6 Å². The van der Waals surface area contributed by atoms with Crippen LogP contribution in [0.2, 0.25) is 0 Å². The van der Waals surface area contributed by atoms with Gasteiger partial charge in [-0.3, -0.25) is 0 Å². The van der Waals surface area contributed by atoms with Crippen molar-refractivity contribution in [3.8, 4) is 11.5 Å². The molecule has 1 aromatic heterocycles. The fourth-order valence-corrected chi connectivity index (χ4v) is 4.32. The predicted molar refractivity (Wildman–Crippen MR) is 103 cm³/mol. The SMILES string of the molecule is CCOC(=O)c1c(/N=C/c2cccc(OCC)c2O)sc2c1CCCC2. The monoisotopic (exact) mass is 373 g/mol. The number of fused-ring (bicyclic) bond motifs is 1. The van der Waals surface area contributed by atoms with Gasteiger partial charge in [0.25, 0.3) is 0 Å². The number of hydrogen-bond acceptors (Lipinski definition) is 6. The number of esters is 1. The number of aromatic hydroxyl groups is 1. The van der Waals surface area contributed by atoms with Crippen molar-refractivity contribution in [3.63, 3.8) is 0 Å². The highest BCUT2D eigenvalue weighted by Gasteiger charge is 2.26. The van der Waals surface area contributed by atoms with Gasteiger partial charge in [0.2, 0.25) is 0 Å². The highest BCUT2D eigenvalue weighted by Crippen LogP contribution is 2.40. The summed E-state index contributed by atoms with van der Waals surface area (Å²) in [7, 11) is 0. The van der Waals surface area contributed by atoms with Crippen LogP contribution in [0, 0.1) is 0 Å². The Kier molecular flexibility index (Phi) is 5.93. The lowest BCUT2D eigenvalue weighted by atomic mass is 9.95. The van der Waals surface area contributed by atoms with Crippen LogP contribution in [0.5, 0.6) is 11.5 Å². The van der Waals surface area contributed by atoms with E-state index in [2.05, 4.69) is 4.99 Å². The molecule has 26 heavy (non-hydrogen) atoms. The van der Waals surface area contributed by atoms with Crippen LogP contribution in [-0.4, -0.2) is 30.5 Å². The van der Waals surface area contributed by atoms with E-state index in [9.17, 15) is 9.90 Å². The normalized spacial score (nSPS) is 13.6. The van der Waals surface area contributed by atoms with E-state index in [1.807, 2.05) is 6.92 Å². The number of hydrogen-bond donors (Lipinski definition) is 1. The number of phenols is 1. The quantitative estimate of drug-likeness (QED) is 0.591. The largest absolute Gasteiger partial charge is 0.504 e. The Balaban J connectivity index is 1.97. The molecule has 1 heterocycles. The topological polar surface area (TPSA) is 68.1 Å². The minimum absolute atomic E-state index is 0.0529. The van der Waals surface area contributed by atoms with Gasteiger partial charge in [0.1, 0.15) is 5.00 Å². The highest BCUT2D eigenvalue weighted by molar-refractivity contribution is 7.16. The number of benzene rings is 1. The molecule has 1 aliphatic rings. The van der Waals surface area contributed by atoms with Gasteiger partial charge in [-0.05, 0) is 57.2 Å². The molecule has 0 atom stereocenters. The zero-order chi connectivity index (χ0) is 18.5. The minimum Gasteiger partial charge on any atom is -0.504 e. The fourth-order valence-electron chi connectivity index (χ4n) is 3.10. The zero-order valence-corrected chi connectivity index (χ0v) is 15.9. The van der Waals surface area contributed by atoms with E-state index < -0.39 is 0 Å². The second-order valence-corrected chi connectivity index (χ2v) is 7.08. The molecule has 1 aromatic carbocycles. The van der Waals surface area contributed by atoms with Gasteiger partial charge in [-0.25, -0.2) is 9.79 Å². The number of ether oxygens (including phenoxy) is 2. The first-order valence-electron chi connectivity index (χ1n) is 8.96. The van der Waals surface area contributed by atoms with E-state index in [0.29, 0.717) is 35.1 Å². The Hall–Kier alpha value is -2.34. The van der Waals surface area contributed by atoms with Crippen molar-refractivity contribution in [1.29, 1.82) is 0 Å². The van der Waals surface area contributed by atoms with Gasteiger partial charge in [-0.15, -0.1) is 11.3 Å². The van der Waals surface area contributed by atoms with Gasteiger partial charge in [-0.1, -0.05) is 6.07 Å². The number of aryl methyl sites for hydroxylation is 1. The van der Waals surface area contributed by atoms with Crippen LogP contribution >= 0.6 is 11.3 Å². The molecule has 0 unspecified atom stereocenters. The number of aliphatic imine (C=N–C) groups is 1. The summed E-state index contributed by atoms with van der Waals surface area (Å²) in [5.74, 6) is 0.163. The van der Waals surface area contributed by atoms with Gasteiger partial charge in [0.15, 0.2) is 11.5 Å². The molecule has 0 fully saturated rings. The summed E-state index contributed by atoms with van der Waals surface area (Å²) in [6, 6.07) is 5.28. The number of phenolic OH excluding ortho intramolecular Hbond substituents is 1. The molecule has 0 bridgehead atoms. The van der Waals surface area contributed by atoms with Crippen LogP contribution in [0.25, 0.3) is 0 Å². The number of carbonyl (C=O) groups is 1. The molecule has 5 nitrogen and oxygen atoms in total. The summed E-state index contributed by atoms with van der Waals surface area (Å²) in [4.78, 5) is 18.2. The van der Waals surface area contributed by atoms with Crippen molar-refractivity contribution in [2.24, 2.45) is 4.99 Å². The molecule has 0 amide bonds. The summed E-state index contributed by atoms with van der Waals surface area (Å²) in [6.07, 6.45) is 5.66. The van der Waals surface area contributed by atoms with Crippen LogP contribution < -0.4 is 4.74 Å². The summed E-state index contributed by atoms with van der Waals surface area (Å²) in [6.45, 7) is 4.47. The molecule has 6 heteroatoms. The lowest BCUT2D eigenvalue weighted by Crippen LogP contribution is -2.09. The third-order valence-electron chi connectivity index (χ3n) is 4.28. The standard InChI is InChI=1S/C20H23NO4S/c1-3-24-15-10-7-8-13(18(15)22)12-21-19-17(20(23)25-4-2)14-9-5-6-11-16(14)26-19/h7-8,10,12,22H,3-6,9,11H2,1-2H3/b21-12+. The second-order valence-electron chi connectivity index (χ2n) is 6.00. The average molecular weight is 373 g/mol. The molecular formula is C20H23NO4S. The first-order valence-corrected chi connectivity index (χ1v) is 9.77. The summed E-state index contributed by atoms with van der Waals surface area (Å²) in [5.41, 5.74) is 2.22. The van der Waals surface area contributed by atoms with Crippen LogP contribution in [0.1, 0.15) is 53.1 Å². The maximum absolute atomic E-state index is 12.5. The third kappa shape index (κ3) is 3.75. The zero-order valence-electron chi connectivity index (χ0n) is 15.1. The summed E-state index contributed by atoms with van der Waals surface area (Å²) in [5, 5.41) is 11.0. The Labute approximate surface area is 157 Å². The predicted octanol–water partition coefficient (Wildman–Crippen LogP) is 4.66. The number of rotatable bonds is 6. The van der Waals surface area contributed by atoms with Gasteiger partial charge in [0.05, 0.1) is 18.8 Å². The average Bonchev–Trinajstić information content (AvgIpc) is 3.01. The van der Waals surface area contributed by atoms with Crippen molar-refractivity contribution in [1.82, 2.24) is 0 Å². The van der Waals surface area contributed by atoms with E-state index in [1.165, 1.54) is 4.88 Å². The molecule has 1 aliphatic carbocycles. The molecule has 0 radical (unpaired) electrons. The molecule has 1 N–H and O–H groups in total. The summed E-state index contributed by atoms with van der Waals surface area (Å²) < 4.78 is 10.7. The molecule has 0 spiro atoms. The molecule has 3 rings (SSSR count). The van der Waals surface area contributed by atoms with Crippen LogP contribution in [0.4, 0.5) is 5.00 Å². The van der Waals surface area contributed by atoms with Gasteiger partial charge in [0, 0.05) is 16.7 Å². The lowest BCUT2D eigenvalue weighted by molar-refractivity contribution is 0.0526. The third-order valence-corrected chi connectivity index (χ3v) is 5.48. The van der Waals surface area contributed by atoms with Crippen molar-refractivity contribution in [3.05, 3.63) is 39.8 Å². The van der Waals surface area contributed by atoms with E-state index in [-0.39, 0.29) is 11.7 Å². The van der Waals surface area contributed by atoms with E-state index in [4.69, 9.17) is 9.47 Å². The minimum atomic E-state index is -0.314. The van der Waals surface area contributed by atoms with Crippen LogP contribution in [-0.2, 0) is 17.6 Å². The number of para-hydroxylation sites is 1. The van der Waals surface area contributed by atoms with Crippen LogP contribution in [0.15, 0.2) is 23.2 Å². The van der Waals surface area contributed by atoms with Crippen molar-refractivity contribution >= 4 is 28.5 Å². The number of thiophene rings is 1. The Morgan fingerprint density at radius 2 is 2.08 bits per heavy atom. The maximum atomic E-state index is 12.5. The van der Waals surface area contributed by atoms with E-state index in [0.717, 1.165) is 31.2 Å². The molecule has 0 aliphatic heterocycles. The first-order chi connectivity index (χ1) is 12.7. The smallest absolute Gasteiger partial charge is 0.341 e. The van der Waals surface area contributed by atoms with Gasteiger partial charge in [-0.2, -0.15) is 0 Å². The van der Waals surface area contributed by atoms with Crippen molar-refractivity contribution in [2.45, 2.75) is 39.5 Å². The summed E-state index contributed by atoms with van der Waals surface area (Å²) >= 11 is 1.54. The Morgan fingerprint density at radius 1 is 1.27 bits per heavy atom. The highest BCUT2D eigenvalue weighted by atomic mass is 32.1. The Bertz CT molecular complexity index is 825. The van der Waals surface area contributed by atoms with Crippen molar-refractivity contribution in [2.75, 3.05) is 13.2 Å². The molecule has 0 saturated heterocycles. The molecule has 0 saturated carbocycles. The maximum Gasteiger partial charge on any atom is 0.341 e. The number of nitrogens with zero attached hydrogens (tertiary/aromatic N) is 1. The molecule has 138 valence electrons. The van der Waals surface area contributed by atoms with Crippen LogP contribution in [0.3, 0.4) is 0 Å². The first kappa shape index (κ1) is 18.5. The van der Waals surface area contributed by atoms with Gasteiger partial charge >= 0.3 is 5.97 Å². The Morgan fingerprint density at radius 3 is 2.85 bits per heavy atom. The van der Waals surface area contributed by atoms with E-state index >= 15 is 0 Å². The lowest BCUT2D eigenvalue weighted by Gasteiger charge is -2.11. The number of carbonyl (C=O) groups excluding carboxylic acids is 1. The van der Waals surface area contributed by atoms with E-state index in [1.54, 1.807) is 42.7 Å².